The van der Waals surface area contributed by atoms with Gasteiger partial charge >= 0.3 is 0 Å². The van der Waals surface area contributed by atoms with Crippen molar-refractivity contribution in [3.63, 3.8) is 0 Å². The molecular weight excluding hydrogens is 236 g/mol. The predicted molar refractivity (Wildman–Crippen MR) is 66.4 cm³/mol. The summed E-state index contributed by atoms with van der Waals surface area (Å²) in [5.74, 6) is 1.60. The van der Waals surface area contributed by atoms with Gasteiger partial charge in [0.2, 0.25) is 0 Å². The highest BCUT2D eigenvalue weighted by molar-refractivity contribution is 6.29. The molecule has 0 saturated heterocycles. The molecule has 17 heavy (non-hydrogen) atoms. The van der Waals surface area contributed by atoms with Gasteiger partial charge in [-0.15, -0.1) is 10.2 Å². The first-order valence-electron chi connectivity index (χ1n) is 5.19. The number of aromatic nitrogens is 4. The minimum atomic E-state index is 0.385. The monoisotopic (exact) mass is 244 g/mol. The van der Waals surface area contributed by atoms with E-state index in [0.29, 0.717) is 5.15 Å². The molecule has 2 heterocycles. The maximum Gasteiger partial charge on any atom is 0.161 e. The van der Waals surface area contributed by atoms with Crippen LogP contribution in [0.3, 0.4) is 0 Å². The molecule has 0 N–H and O–H groups in total. The molecule has 0 spiro atoms. The Hall–Kier alpha value is -1.94. The standard InChI is InChI=1S/C12H9ClN4/c1-8-14-9-4-2-3-5-10(9)17(8)12-7-6-11(13)15-16-12/h2-7H,1H3. The van der Waals surface area contributed by atoms with Crippen molar-refractivity contribution in [2.24, 2.45) is 0 Å². The third-order valence-electron chi connectivity index (χ3n) is 2.58. The molecular formula is C12H9ClN4. The van der Waals surface area contributed by atoms with Gasteiger partial charge in [0.1, 0.15) is 5.82 Å². The van der Waals surface area contributed by atoms with E-state index in [9.17, 15) is 0 Å². The van der Waals surface area contributed by atoms with E-state index in [1.54, 1.807) is 6.07 Å². The molecule has 84 valence electrons. The van der Waals surface area contributed by atoms with E-state index in [1.165, 1.54) is 0 Å². The van der Waals surface area contributed by atoms with Crippen LogP contribution >= 0.6 is 11.6 Å². The van der Waals surface area contributed by atoms with Crippen LogP contribution in [0, 0.1) is 6.92 Å². The molecule has 0 aliphatic rings. The zero-order valence-electron chi connectivity index (χ0n) is 9.13. The Labute approximate surface area is 103 Å². The minimum Gasteiger partial charge on any atom is -0.279 e. The van der Waals surface area contributed by atoms with E-state index in [1.807, 2.05) is 41.8 Å². The largest absolute Gasteiger partial charge is 0.279 e. The zero-order chi connectivity index (χ0) is 11.8. The van der Waals surface area contributed by atoms with Gasteiger partial charge in [-0.2, -0.15) is 0 Å². The second-order valence-electron chi connectivity index (χ2n) is 3.70. The summed E-state index contributed by atoms with van der Waals surface area (Å²) in [5.41, 5.74) is 1.96. The quantitative estimate of drug-likeness (QED) is 0.661. The molecule has 0 saturated carbocycles. The maximum atomic E-state index is 5.73. The van der Waals surface area contributed by atoms with Crippen LogP contribution in [0.15, 0.2) is 36.4 Å². The SMILES string of the molecule is Cc1nc2ccccc2n1-c1ccc(Cl)nn1. The number of nitrogens with zero attached hydrogens (tertiary/aromatic N) is 4. The normalized spacial score (nSPS) is 10.9. The molecule has 0 aliphatic heterocycles. The van der Waals surface area contributed by atoms with E-state index in [2.05, 4.69) is 15.2 Å². The molecule has 5 heteroatoms. The maximum absolute atomic E-state index is 5.73. The van der Waals surface area contributed by atoms with Gasteiger partial charge in [-0.3, -0.25) is 4.57 Å². The number of halogens is 1. The van der Waals surface area contributed by atoms with Gasteiger partial charge in [0.25, 0.3) is 0 Å². The zero-order valence-corrected chi connectivity index (χ0v) is 9.89. The average molecular weight is 245 g/mol. The summed E-state index contributed by atoms with van der Waals surface area (Å²) in [7, 11) is 0. The summed E-state index contributed by atoms with van der Waals surface area (Å²) in [6.07, 6.45) is 0. The van der Waals surface area contributed by atoms with Crippen LogP contribution < -0.4 is 0 Å². The second kappa shape index (κ2) is 3.82. The van der Waals surface area contributed by atoms with E-state index >= 15 is 0 Å². The number of imidazole rings is 1. The third kappa shape index (κ3) is 1.66. The first-order valence-corrected chi connectivity index (χ1v) is 5.57. The number of rotatable bonds is 1. The molecule has 3 aromatic rings. The Morgan fingerprint density at radius 1 is 1.06 bits per heavy atom. The molecule has 0 unspecified atom stereocenters. The molecule has 3 rings (SSSR count). The van der Waals surface area contributed by atoms with Gasteiger partial charge in [0, 0.05) is 0 Å². The fourth-order valence-corrected chi connectivity index (χ4v) is 1.96. The van der Waals surface area contributed by atoms with Crippen LogP contribution in [0.1, 0.15) is 5.82 Å². The lowest BCUT2D eigenvalue weighted by Gasteiger charge is -2.04. The van der Waals surface area contributed by atoms with E-state index in [-0.39, 0.29) is 0 Å². The van der Waals surface area contributed by atoms with Crippen molar-refractivity contribution in [2.45, 2.75) is 6.92 Å². The Bertz CT molecular complexity index is 673. The summed E-state index contributed by atoms with van der Waals surface area (Å²) in [4.78, 5) is 4.47. The van der Waals surface area contributed by atoms with Crippen LogP contribution in [-0.4, -0.2) is 19.7 Å². The van der Waals surface area contributed by atoms with Crippen molar-refractivity contribution in [2.75, 3.05) is 0 Å². The Morgan fingerprint density at radius 3 is 2.65 bits per heavy atom. The number of aryl methyl sites for hydroxylation is 1. The van der Waals surface area contributed by atoms with Gasteiger partial charge in [0.15, 0.2) is 11.0 Å². The molecule has 2 aromatic heterocycles. The molecule has 1 aromatic carbocycles. The predicted octanol–water partition coefficient (Wildman–Crippen LogP) is 2.78. The Kier molecular flexibility index (Phi) is 2.30. The smallest absolute Gasteiger partial charge is 0.161 e. The van der Waals surface area contributed by atoms with Crippen molar-refractivity contribution in [3.05, 3.63) is 47.4 Å². The number of para-hydroxylation sites is 2. The van der Waals surface area contributed by atoms with E-state index < -0.39 is 0 Å². The van der Waals surface area contributed by atoms with Gasteiger partial charge in [-0.05, 0) is 31.2 Å². The summed E-state index contributed by atoms with van der Waals surface area (Å²) in [6.45, 7) is 1.94. The molecule has 0 fully saturated rings. The number of hydrogen-bond acceptors (Lipinski definition) is 3. The van der Waals surface area contributed by atoms with Crippen LogP contribution in [0.4, 0.5) is 0 Å². The molecule has 0 bridgehead atoms. The van der Waals surface area contributed by atoms with Gasteiger partial charge in [-0.1, -0.05) is 23.7 Å². The molecule has 0 aliphatic carbocycles. The topological polar surface area (TPSA) is 43.6 Å². The summed E-state index contributed by atoms with van der Waals surface area (Å²) < 4.78 is 1.96. The number of hydrogen-bond donors (Lipinski definition) is 0. The first-order chi connectivity index (χ1) is 8.25. The fraction of sp³-hybridized carbons (Fsp3) is 0.0833. The lowest BCUT2D eigenvalue weighted by Crippen LogP contribution is -2.00. The third-order valence-corrected chi connectivity index (χ3v) is 2.78. The van der Waals surface area contributed by atoms with Crippen molar-refractivity contribution >= 4 is 22.6 Å². The van der Waals surface area contributed by atoms with Crippen molar-refractivity contribution in [1.29, 1.82) is 0 Å². The lowest BCUT2D eigenvalue weighted by molar-refractivity contribution is 0.897. The summed E-state index contributed by atoms with van der Waals surface area (Å²) in [6, 6.07) is 11.5. The Balaban J connectivity index is 2.29. The van der Waals surface area contributed by atoms with Gasteiger partial charge in [-0.25, -0.2) is 4.98 Å². The van der Waals surface area contributed by atoms with Crippen LogP contribution in [-0.2, 0) is 0 Å². The first kappa shape index (κ1) is 10.2. The van der Waals surface area contributed by atoms with E-state index in [0.717, 1.165) is 22.7 Å². The molecule has 4 nitrogen and oxygen atoms in total. The summed E-state index contributed by atoms with van der Waals surface area (Å²) >= 11 is 5.73. The van der Waals surface area contributed by atoms with Gasteiger partial charge < -0.3 is 0 Å². The molecule has 0 amide bonds. The van der Waals surface area contributed by atoms with Crippen molar-refractivity contribution in [1.82, 2.24) is 19.7 Å². The highest BCUT2D eigenvalue weighted by Gasteiger charge is 2.09. The van der Waals surface area contributed by atoms with Gasteiger partial charge in [0.05, 0.1) is 11.0 Å². The summed E-state index contributed by atoms with van der Waals surface area (Å²) in [5, 5.41) is 8.31. The minimum absolute atomic E-state index is 0.385. The Morgan fingerprint density at radius 2 is 1.88 bits per heavy atom. The molecule has 0 radical (unpaired) electrons. The average Bonchev–Trinajstić information content (AvgIpc) is 2.66. The van der Waals surface area contributed by atoms with Crippen LogP contribution in [0.5, 0.6) is 0 Å². The number of benzene rings is 1. The van der Waals surface area contributed by atoms with Crippen LogP contribution in [0.25, 0.3) is 16.9 Å². The second-order valence-corrected chi connectivity index (χ2v) is 4.08. The van der Waals surface area contributed by atoms with Crippen molar-refractivity contribution < 1.29 is 0 Å². The fourth-order valence-electron chi connectivity index (χ4n) is 1.86. The molecule has 0 atom stereocenters. The van der Waals surface area contributed by atoms with E-state index in [4.69, 9.17) is 11.6 Å². The number of fused-ring (bicyclic) bond motifs is 1. The van der Waals surface area contributed by atoms with Crippen molar-refractivity contribution in [3.8, 4) is 5.82 Å². The highest BCUT2D eigenvalue weighted by atomic mass is 35.5. The van der Waals surface area contributed by atoms with Crippen LogP contribution in [0.2, 0.25) is 5.15 Å². The lowest BCUT2D eigenvalue weighted by atomic mass is 10.3. The highest BCUT2D eigenvalue weighted by Crippen LogP contribution is 2.19.